The predicted octanol–water partition coefficient (Wildman–Crippen LogP) is 3.59. The summed E-state index contributed by atoms with van der Waals surface area (Å²) >= 11 is 0. The monoisotopic (exact) mass is 399 g/mol. The lowest BCUT2D eigenvalue weighted by Gasteiger charge is -2.10. The Balaban J connectivity index is 1.57. The molecule has 144 valence electrons. The number of hydrogen-bond acceptors (Lipinski definition) is 4. The molecule has 1 aromatic heterocycles. The molecule has 0 saturated heterocycles. The third-order valence-electron chi connectivity index (χ3n) is 3.91. The van der Waals surface area contributed by atoms with Gasteiger partial charge in [-0.25, -0.2) is 12.8 Å². The molecule has 0 spiro atoms. The summed E-state index contributed by atoms with van der Waals surface area (Å²) in [6.07, 6.45) is 4.28. The van der Waals surface area contributed by atoms with E-state index in [4.69, 9.17) is 0 Å². The summed E-state index contributed by atoms with van der Waals surface area (Å²) < 4.78 is 39.9. The van der Waals surface area contributed by atoms with Crippen LogP contribution in [0.3, 0.4) is 0 Å². The van der Waals surface area contributed by atoms with E-state index in [1.165, 1.54) is 24.3 Å². The number of benzene rings is 2. The van der Waals surface area contributed by atoms with E-state index in [9.17, 15) is 17.6 Å². The van der Waals surface area contributed by atoms with Gasteiger partial charge < -0.3 is 5.32 Å². The molecule has 3 rings (SSSR count). The second-order valence-electron chi connectivity index (χ2n) is 6.05. The number of carbonyl (C=O) groups excluding carboxylic acids is 1. The van der Waals surface area contributed by atoms with Crippen molar-refractivity contribution in [3.63, 3.8) is 0 Å². The fourth-order valence-electron chi connectivity index (χ4n) is 2.48. The van der Waals surface area contributed by atoms with Crippen LogP contribution in [0.25, 0.3) is 0 Å². The van der Waals surface area contributed by atoms with Gasteiger partial charge in [0.25, 0.3) is 10.0 Å². The number of aromatic nitrogens is 1. The maximum Gasteiger partial charge on any atom is 0.261 e. The van der Waals surface area contributed by atoms with Gasteiger partial charge in [-0.05, 0) is 66.6 Å². The smallest absolute Gasteiger partial charge is 0.261 e. The highest BCUT2D eigenvalue weighted by molar-refractivity contribution is 7.92. The van der Waals surface area contributed by atoms with E-state index < -0.39 is 15.8 Å². The zero-order chi connectivity index (χ0) is 20.0. The van der Waals surface area contributed by atoms with Gasteiger partial charge in [0.2, 0.25) is 5.91 Å². The lowest BCUT2D eigenvalue weighted by Crippen LogP contribution is -2.14. The number of nitrogens with one attached hydrogen (secondary N) is 2. The van der Waals surface area contributed by atoms with E-state index in [0.717, 1.165) is 17.7 Å². The first-order chi connectivity index (χ1) is 13.4. The van der Waals surface area contributed by atoms with E-state index >= 15 is 0 Å². The Hall–Kier alpha value is -3.26. The summed E-state index contributed by atoms with van der Waals surface area (Å²) in [6.45, 7) is 0. The summed E-state index contributed by atoms with van der Waals surface area (Å²) in [5.74, 6) is -0.661. The molecule has 3 aromatic rings. The molecular formula is C20H18FN3O3S. The van der Waals surface area contributed by atoms with Gasteiger partial charge in [0.1, 0.15) is 5.82 Å². The summed E-state index contributed by atoms with van der Waals surface area (Å²) in [5.41, 5.74) is 1.86. The van der Waals surface area contributed by atoms with Crippen LogP contribution in [0.15, 0.2) is 78.0 Å². The second-order valence-corrected chi connectivity index (χ2v) is 7.73. The third-order valence-corrected chi connectivity index (χ3v) is 5.31. The molecule has 8 heteroatoms. The maximum absolute atomic E-state index is 12.9. The number of aryl methyl sites for hydroxylation is 1. The molecule has 0 atom stereocenters. The van der Waals surface area contributed by atoms with Gasteiger partial charge in [0.15, 0.2) is 0 Å². The van der Waals surface area contributed by atoms with Crippen LogP contribution in [0.4, 0.5) is 15.8 Å². The van der Waals surface area contributed by atoms with Crippen LogP contribution in [0, 0.1) is 5.82 Å². The van der Waals surface area contributed by atoms with Crippen LogP contribution in [0.5, 0.6) is 0 Å². The molecule has 0 aliphatic rings. The normalized spacial score (nSPS) is 11.0. The van der Waals surface area contributed by atoms with Crippen molar-refractivity contribution in [1.82, 2.24) is 4.98 Å². The van der Waals surface area contributed by atoms with Crippen LogP contribution in [-0.2, 0) is 21.2 Å². The highest BCUT2D eigenvalue weighted by Crippen LogP contribution is 2.19. The molecule has 0 fully saturated rings. The molecule has 0 bridgehead atoms. The highest BCUT2D eigenvalue weighted by atomic mass is 32.2. The fourth-order valence-corrected chi connectivity index (χ4v) is 3.54. The zero-order valence-electron chi connectivity index (χ0n) is 14.8. The van der Waals surface area contributed by atoms with E-state index in [2.05, 4.69) is 15.0 Å². The predicted molar refractivity (Wildman–Crippen MR) is 105 cm³/mol. The number of anilines is 2. The van der Waals surface area contributed by atoms with Crippen LogP contribution in [-0.4, -0.2) is 19.3 Å². The Morgan fingerprint density at radius 3 is 2.29 bits per heavy atom. The van der Waals surface area contributed by atoms with E-state index in [1.54, 1.807) is 24.5 Å². The minimum atomic E-state index is -3.82. The van der Waals surface area contributed by atoms with Crippen molar-refractivity contribution in [2.24, 2.45) is 0 Å². The minimum absolute atomic E-state index is 0.0401. The van der Waals surface area contributed by atoms with Crippen LogP contribution >= 0.6 is 0 Å². The first-order valence-electron chi connectivity index (χ1n) is 8.49. The van der Waals surface area contributed by atoms with Gasteiger partial charge in [-0.3, -0.25) is 14.5 Å². The Morgan fingerprint density at radius 1 is 0.964 bits per heavy atom. The number of rotatable bonds is 7. The first kappa shape index (κ1) is 19.5. The number of pyridine rings is 1. The highest BCUT2D eigenvalue weighted by Gasteiger charge is 2.14. The molecule has 2 aromatic carbocycles. The molecule has 28 heavy (non-hydrogen) atoms. The molecule has 1 heterocycles. The number of sulfonamides is 1. The molecule has 6 nitrogen and oxygen atoms in total. The second kappa shape index (κ2) is 8.62. The van der Waals surface area contributed by atoms with Crippen molar-refractivity contribution in [1.29, 1.82) is 0 Å². The molecule has 0 radical (unpaired) electrons. The summed E-state index contributed by atoms with van der Waals surface area (Å²) in [4.78, 5) is 16.0. The standard InChI is InChI=1S/C20H18FN3O3S/c21-16-4-10-19(11-5-16)28(26,27)24-18-8-6-17(7-9-18)23-20(25)12-3-15-2-1-13-22-14-15/h1-2,4-11,13-14,24H,3,12H2,(H,23,25). The van der Waals surface area contributed by atoms with Crippen molar-refractivity contribution in [3.8, 4) is 0 Å². The minimum Gasteiger partial charge on any atom is -0.326 e. The number of hydrogen-bond donors (Lipinski definition) is 2. The lowest BCUT2D eigenvalue weighted by atomic mass is 10.1. The van der Waals surface area contributed by atoms with E-state index in [0.29, 0.717) is 24.2 Å². The number of nitrogens with zero attached hydrogens (tertiary/aromatic N) is 1. The van der Waals surface area contributed by atoms with Crippen molar-refractivity contribution in [3.05, 3.63) is 84.4 Å². The topological polar surface area (TPSA) is 88.2 Å². The lowest BCUT2D eigenvalue weighted by molar-refractivity contribution is -0.116. The molecule has 2 N–H and O–H groups in total. The van der Waals surface area contributed by atoms with Gasteiger partial charge in [0.05, 0.1) is 4.90 Å². The zero-order valence-corrected chi connectivity index (χ0v) is 15.6. The molecule has 0 aliphatic heterocycles. The molecular weight excluding hydrogens is 381 g/mol. The molecule has 0 unspecified atom stereocenters. The molecule has 0 saturated carbocycles. The summed E-state index contributed by atoms with van der Waals surface area (Å²) in [6, 6.07) is 14.5. The van der Waals surface area contributed by atoms with Crippen molar-refractivity contribution >= 4 is 27.3 Å². The molecule has 0 aliphatic carbocycles. The van der Waals surface area contributed by atoms with Gasteiger partial charge in [-0.15, -0.1) is 0 Å². The Kier molecular flexibility index (Phi) is 6.00. The van der Waals surface area contributed by atoms with Crippen LogP contribution in [0.2, 0.25) is 0 Å². The Labute approximate surface area is 162 Å². The van der Waals surface area contributed by atoms with Gasteiger partial charge in [-0.2, -0.15) is 0 Å². The number of halogens is 1. The average molecular weight is 399 g/mol. The fraction of sp³-hybridized carbons (Fsp3) is 0.100. The first-order valence-corrected chi connectivity index (χ1v) is 9.98. The van der Waals surface area contributed by atoms with Crippen LogP contribution < -0.4 is 10.0 Å². The third kappa shape index (κ3) is 5.37. The van der Waals surface area contributed by atoms with Crippen molar-refractivity contribution in [2.75, 3.05) is 10.0 Å². The number of amides is 1. The maximum atomic E-state index is 12.9. The average Bonchev–Trinajstić information content (AvgIpc) is 2.69. The Bertz CT molecular complexity index is 1040. The quantitative estimate of drug-likeness (QED) is 0.635. The van der Waals surface area contributed by atoms with Gasteiger partial charge >= 0.3 is 0 Å². The Morgan fingerprint density at radius 2 is 1.64 bits per heavy atom. The summed E-state index contributed by atoms with van der Waals surface area (Å²) in [5, 5.41) is 2.76. The van der Waals surface area contributed by atoms with Gasteiger partial charge in [0, 0.05) is 30.2 Å². The van der Waals surface area contributed by atoms with E-state index in [-0.39, 0.29) is 10.8 Å². The molecule has 1 amide bonds. The SMILES string of the molecule is O=C(CCc1cccnc1)Nc1ccc(NS(=O)(=O)c2ccc(F)cc2)cc1. The van der Waals surface area contributed by atoms with Gasteiger partial charge in [-0.1, -0.05) is 6.07 Å². The van der Waals surface area contributed by atoms with Crippen molar-refractivity contribution < 1.29 is 17.6 Å². The summed E-state index contributed by atoms with van der Waals surface area (Å²) in [7, 11) is -3.82. The van der Waals surface area contributed by atoms with E-state index in [1.807, 2.05) is 12.1 Å². The largest absolute Gasteiger partial charge is 0.326 e. The van der Waals surface area contributed by atoms with Crippen LogP contribution in [0.1, 0.15) is 12.0 Å². The van der Waals surface area contributed by atoms with Crippen molar-refractivity contribution in [2.45, 2.75) is 17.7 Å². The number of carbonyl (C=O) groups is 1.